The Balaban J connectivity index is 1.90. The fourth-order valence-corrected chi connectivity index (χ4v) is 3.61. The Morgan fingerprint density at radius 2 is 2.50 bits per heavy atom. The Morgan fingerprint density at radius 3 is 3.28 bits per heavy atom. The van der Waals surface area contributed by atoms with E-state index >= 15 is 0 Å². The highest BCUT2D eigenvalue weighted by molar-refractivity contribution is 7.10. The summed E-state index contributed by atoms with van der Waals surface area (Å²) >= 11 is 1.78. The minimum absolute atomic E-state index is 0.0505. The molecule has 2 aromatic heterocycles. The molecule has 0 bridgehead atoms. The molecule has 1 aliphatic rings. The molecule has 1 unspecified atom stereocenters. The molecule has 0 N–H and O–H groups in total. The van der Waals surface area contributed by atoms with E-state index in [-0.39, 0.29) is 11.7 Å². The minimum atomic E-state index is 0.0505. The summed E-state index contributed by atoms with van der Waals surface area (Å²) in [5, 5.41) is 6.30. The molecule has 0 radical (unpaired) electrons. The van der Waals surface area contributed by atoms with Crippen LogP contribution >= 0.6 is 11.3 Å². The first kappa shape index (κ1) is 11.7. The Morgan fingerprint density at radius 1 is 1.61 bits per heavy atom. The number of hydrogen-bond donors (Lipinski definition) is 0. The molecule has 0 aromatic carbocycles. The third kappa shape index (κ3) is 1.90. The number of carbonyl (C=O) groups is 1. The van der Waals surface area contributed by atoms with Gasteiger partial charge in [-0.05, 0) is 43.2 Å². The van der Waals surface area contributed by atoms with Gasteiger partial charge in [0.1, 0.15) is 0 Å². The normalized spacial score (nSPS) is 18.6. The first-order chi connectivity index (χ1) is 8.79. The molecular formula is C14H16N2OS. The average Bonchev–Trinajstić information content (AvgIpc) is 3.05. The van der Waals surface area contributed by atoms with Gasteiger partial charge in [0.25, 0.3) is 0 Å². The van der Waals surface area contributed by atoms with Gasteiger partial charge in [0.2, 0.25) is 0 Å². The van der Waals surface area contributed by atoms with Crippen LogP contribution in [0.15, 0.2) is 23.8 Å². The number of fused-ring (bicyclic) bond motifs is 1. The highest BCUT2D eigenvalue weighted by Gasteiger charge is 2.28. The van der Waals surface area contributed by atoms with E-state index in [4.69, 9.17) is 0 Å². The van der Waals surface area contributed by atoms with Gasteiger partial charge < -0.3 is 0 Å². The number of rotatable bonds is 3. The molecule has 18 heavy (non-hydrogen) atoms. The molecule has 2 heterocycles. The first-order valence-corrected chi connectivity index (χ1v) is 7.30. The van der Waals surface area contributed by atoms with Gasteiger partial charge in [-0.15, -0.1) is 11.3 Å². The third-order valence-electron chi connectivity index (χ3n) is 3.61. The lowest BCUT2D eigenvalue weighted by Crippen LogP contribution is -2.17. The predicted octanol–water partition coefficient (Wildman–Crippen LogP) is 3.27. The van der Waals surface area contributed by atoms with Gasteiger partial charge in [-0.3, -0.25) is 9.48 Å². The third-order valence-corrected chi connectivity index (χ3v) is 4.61. The van der Waals surface area contributed by atoms with E-state index in [1.807, 2.05) is 17.8 Å². The van der Waals surface area contributed by atoms with Gasteiger partial charge in [0, 0.05) is 23.5 Å². The summed E-state index contributed by atoms with van der Waals surface area (Å²) in [4.78, 5) is 13.9. The maximum absolute atomic E-state index is 12.5. The highest BCUT2D eigenvalue weighted by Crippen LogP contribution is 2.36. The second-order valence-corrected chi connectivity index (χ2v) is 5.69. The van der Waals surface area contributed by atoms with Crippen LogP contribution in [0.2, 0.25) is 0 Å². The molecule has 0 spiro atoms. The van der Waals surface area contributed by atoms with Crippen LogP contribution in [0.5, 0.6) is 0 Å². The van der Waals surface area contributed by atoms with Crippen molar-refractivity contribution in [2.45, 2.75) is 38.6 Å². The van der Waals surface area contributed by atoms with Gasteiger partial charge in [0.05, 0.1) is 11.8 Å². The maximum atomic E-state index is 12.5. The Bertz CT molecular complexity index is 570. The van der Waals surface area contributed by atoms with Crippen molar-refractivity contribution in [3.63, 3.8) is 0 Å². The Kier molecular flexibility index (Phi) is 3.04. The number of ketones is 1. The molecule has 4 heteroatoms. The average molecular weight is 260 g/mol. The van der Waals surface area contributed by atoms with Crippen LogP contribution < -0.4 is 0 Å². The molecule has 2 aromatic rings. The van der Waals surface area contributed by atoms with E-state index < -0.39 is 0 Å². The summed E-state index contributed by atoms with van der Waals surface area (Å²) < 4.78 is 1.81. The number of aromatic nitrogens is 2. The predicted molar refractivity (Wildman–Crippen MR) is 72.2 cm³/mol. The number of aryl methyl sites for hydroxylation is 2. The van der Waals surface area contributed by atoms with E-state index in [0.29, 0.717) is 0 Å². The molecule has 1 atom stereocenters. The van der Waals surface area contributed by atoms with E-state index in [1.165, 1.54) is 10.4 Å². The van der Waals surface area contributed by atoms with Crippen molar-refractivity contribution in [2.24, 2.45) is 0 Å². The van der Waals surface area contributed by atoms with Crippen LogP contribution in [0.4, 0.5) is 0 Å². The number of thiophene rings is 1. The molecular weight excluding hydrogens is 244 g/mol. The van der Waals surface area contributed by atoms with E-state index in [1.54, 1.807) is 17.5 Å². The Hall–Kier alpha value is -1.42. The lowest BCUT2D eigenvalue weighted by Gasteiger charge is -2.20. The molecule has 0 fully saturated rings. The summed E-state index contributed by atoms with van der Waals surface area (Å²) in [6.07, 6.45) is 6.78. The largest absolute Gasteiger partial charge is 0.293 e. The molecule has 0 aliphatic heterocycles. The molecule has 94 valence electrons. The summed E-state index contributed by atoms with van der Waals surface area (Å²) in [6.45, 7) is 2.83. The van der Waals surface area contributed by atoms with E-state index in [0.717, 1.165) is 31.4 Å². The number of nitrogens with zero attached hydrogens (tertiary/aromatic N) is 2. The van der Waals surface area contributed by atoms with Crippen molar-refractivity contribution < 1.29 is 4.79 Å². The standard InChI is InChI=1S/C14H16N2OS/c1-2-16-9-10(8-15-16)14(17)12-4-3-5-13-11(12)6-7-18-13/h6-9,12H,2-5H2,1H3. The van der Waals surface area contributed by atoms with Crippen molar-refractivity contribution in [1.82, 2.24) is 9.78 Å². The van der Waals surface area contributed by atoms with Crippen LogP contribution in [0.25, 0.3) is 0 Å². The molecule has 1 aliphatic carbocycles. The second-order valence-electron chi connectivity index (χ2n) is 4.69. The monoisotopic (exact) mass is 260 g/mol. The van der Waals surface area contributed by atoms with E-state index in [9.17, 15) is 4.79 Å². The zero-order chi connectivity index (χ0) is 12.5. The fraction of sp³-hybridized carbons (Fsp3) is 0.429. The topological polar surface area (TPSA) is 34.9 Å². The molecule has 0 saturated heterocycles. The van der Waals surface area contributed by atoms with Gasteiger partial charge in [0.15, 0.2) is 5.78 Å². The molecule has 3 nitrogen and oxygen atoms in total. The summed E-state index contributed by atoms with van der Waals surface area (Å²) in [7, 11) is 0. The highest BCUT2D eigenvalue weighted by atomic mass is 32.1. The summed E-state index contributed by atoms with van der Waals surface area (Å²) in [5.41, 5.74) is 2.00. The summed E-state index contributed by atoms with van der Waals surface area (Å²) in [6, 6.07) is 2.12. The van der Waals surface area contributed by atoms with Crippen molar-refractivity contribution in [1.29, 1.82) is 0 Å². The zero-order valence-electron chi connectivity index (χ0n) is 10.4. The van der Waals surface area contributed by atoms with Crippen LogP contribution in [0, 0.1) is 0 Å². The van der Waals surface area contributed by atoms with Crippen LogP contribution in [-0.2, 0) is 13.0 Å². The van der Waals surface area contributed by atoms with Gasteiger partial charge in [-0.25, -0.2) is 0 Å². The SMILES string of the molecule is CCn1cc(C(=O)C2CCCc3sccc32)cn1. The molecule has 0 saturated carbocycles. The number of Topliss-reactive ketones (excluding diaryl/α,β-unsaturated/α-hetero) is 1. The van der Waals surface area contributed by atoms with Crippen molar-refractivity contribution >= 4 is 17.1 Å². The van der Waals surface area contributed by atoms with Crippen LogP contribution in [0.1, 0.15) is 46.5 Å². The molecule has 3 rings (SSSR count). The van der Waals surface area contributed by atoms with Gasteiger partial charge >= 0.3 is 0 Å². The number of carbonyl (C=O) groups excluding carboxylic acids is 1. The lowest BCUT2D eigenvalue weighted by atomic mass is 9.83. The Labute approximate surface area is 110 Å². The van der Waals surface area contributed by atoms with E-state index in [2.05, 4.69) is 16.5 Å². The molecule has 0 amide bonds. The maximum Gasteiger partial charge on any atom is 0.173 e. The van der Waals surface area contributed by atoms with Gasteiger partial charge in [-0.1, -0.05) is 0 Å². The van der Waals surface area contributed by atoms with Gasteiger partial charge in [-0.2, -0.15) is 5.10 Å². The van der Waals surface area contributed by atoms with Crippen molar-refractivity contribution in [3.05, 3.63) is 39.8 Å². The van der Waals surface area contributed by atoms with Crippen molar-refractivity contribution in [3.8, 4) is 0 Å². The first-order valence-electron chi connectivity index (χ1n) is 6.42. The fourth-order valence-electron chi connectivity index (χ4n) is 2.62. The quantitative estimate of drug-likeness (QED) is 0.794. The van der Waals surface area contributed by atoms with Crippen LogP contribution in [0.3, 0.4) is 0 Å². The smallest absolute Gasteiger partial charge is 0.173 e. The number of hydrogen-bond acceptors (Lipinski definition) is 3. The summed E-state index contributed by atoms with van der Waals surface area (Å²) in [5.74, 6) is 0.281. The zero-order valence-corrected chi connectivity index (χ0v) is 11.2. The second kappa shape index (κ2) is 4.69. The minimum Gasteiger partial charge on any atom is -0.293 e. The van der Waals surface area contributed by atoms with Crippen LogP contribution in [-0.4, -0.2) is 15.6 Å². The lowest BCUT2D eigenvalue weighted by molar-refractivity contribution is 0.0951. The van der Waals surface area contributed by atoms with Crippen molar-refractivity contribution in [2.75, 3.05) is 0 Å².